The highest BCUT2D eigenvalue weighted by atomic mass is 15.1. The topological polar surface area (TPSA) is 8.17 Å². The monoisotopic (exact) mass is 712 g/mol. The molecule has 0 saturated heterocycles. The number of hydrogen-bond donors (Lipinski definition) is 0. The molecule has 1 heterocycles. The smallest absolute Gasteiger partial charge is 0.0541 e. The first-order chi connectivity index (χ1) is 27.8. The Morgan fingerprint density at radius 3 is 1.27 bits per heavy atom. The third-order valence-electron chi connectivity index (χ3n) is 11.4. The highest BCUT2D eigenvalue weighted by Crippen LogP contribution is 2.41. The van der Waals surface area contributed by atoms with E-state index in [4.69, 9.17) is 0 Å². The summed E-state index contributed by atoms with van der Waals surface area (Å²) < 4.78 is 2.41. The Morgan fingerprint density at radius 1 is 0.268 bits per heavy atom. The van der Waals surface area contributed by atoms with Crippen molar-refractivity contribution in [3.8, 4) is 27.9 Å². The molecule has 0 N–H and O–H groups in total. The summed E-state index contributed by atoms with van der Waals surface area (Å²) >= 11 is 0. The molecule has 0 aliphatic rings. The van der Waals surface area contributed by atoms with Gasteiger partial charge in [-0.1, -0.05) is 158 Å². The van der Waals surface area contributed by atoms with E-state index in [-0.39, 0.29) is 0 Å². The predicted molar refractivity (Wildman–Crippen MR) is 239 cm³/mol. The molecule has 2 heteroatoms. The molecule has 2 nitrogen and oxygen atoms in total. The van der Waals surface area contributed by atoms with Gasteiger partial charge < -0.3 is 9.47 Å². The van der Waals surface area contributed by atoms with Crippen LogP contribution in [0.3, 0.4) is 0 Å². The van der Waals surface area contributed by atoms with E-state index >= 15 is 0 Å². The standard InChI is InChI=1S/C54H36N2/c1-2-14-40(15-3-1)55(41-31-26-37(27-32-41)39-30-35-48-46-19-5-4-17-44(46)45-18-6-7-20-47(45)51(48)36-39)42-33-28-38(29-34-42)43-16-8-11-23-52(43)56-53-24-12-9-21-49(53)50-22-10-13-25-54(50)56/h1-36H. The van der Waals surface area contributed by atoms with Crippen LogP contribution in [0.4, 0.5) is 17.1 Å². The molecule has 0 aliphatic heterocycles. The number of anilines is 3. The largest absolute Gasteiger partial charge is 0.311 e. The molecule has 262 valence electrons. The average Bonchev–Trinajstić information content (AvgIpc) is 3.61. The van der Waals surface area contributed by atoms with Crippen LogP contribution < -0.4 is 4.90 Å². The Bertz CT molecular complexity index is 3140. The summed E-state index contributed by atoms with van der Waals surface area (Å²) in [4.78, 5) is 2.34. The van der Waals surface area contributed by atoms with Crippen molar-refractivity contribution in [2.24, 2.45) is 0 Å². The summed E-state index contributed by atoms with van der Waals surface area (Å²) in [7, 11) is 0. The number of hydrogen-bond acceptors (Lipinski definition) is 1. The van der Waals surface area contributed by atoms with E-state index in [1.807, 2.05) is 0 Å². The first-order valence-electron chi connectivity index (χ1n) is 19.3. The van der Waals surface area contributed by atoms with Crippen molar-refractivity contribution in [1.82, 2.24) is 4.57 Å². The van der Waals surface area contributed by atoms with Crippen molar-refractivity contribution in [1.29, 1.82) is 0 Å². The van der Waals surface area contributed by atoms with Gasteiger partial charge in [0.05, 0.1) is 16.7 Å². The highest BCUT2D eigenvalue weighted by molar-refractivity contribution is 6.25. The SMILES string of the molecule is c1ccc(N(c2ccc(-c3ccc4c5ccccc5c5ccccc5c4c3)cc2)c2ccc(-c3ccccc3-n3c4ccccc4c4ccccc43)cc2)cc1. The Labute approximate surface area is 325 Å². The minimum Gasteiger partial charge on any atom is -0.311 e. The fraction of sp³-hybridized carbons (Fsp3) is 0. The molecule has 0 atom stereocenters. The molecule has 11 rings (SSSR count). The second kappa shape index (κ2) is 13.2. The number of para-hydroxylation sites is 4. The van der Waals surface area contributed by atoms with Gasteiger partial charge in [-0.3, -0.25) is 0 Å². The number of aromatic nitrogens is 1. The fourth-order valence-electron chi connectivity index (χ4n) is 8.80. The molecule has 0 bridgehead atoms. The zero-order chi connectivity index (χ0) is 37.0. The van der Waals surface area contributed by atoms with Crippen LogP contribution in [0.2, 0.25) is 0 Å². The third-order valence-corrected chi connectivity index (χ3v) is 11.4. The van der Waals surface area contributed by atoms with Crippen LogP contribution in [0.5, 0.6) is 0 Å². The van der Waals surface area contributed by atoms with Crippen LogP contribution in [0.1, 0.15) is 0 Å². The van der Waals surface area contributed by atoms with Crippen LogP contribution in [0.25, 0.3) is 82.1 Å². The summed E-state index contributed by atoms with van der Waals surface area (Å²) in [5.74, 6) is 0. The Kier molecular flexibility index (Phi) is 7.53. The van der Waals surface area contributed by atoms with E-state index in [1.165, 1.54) is 82.1 Å². The molecule has 0 unspecified atom stereocenters. The quantitative estimate of drug-likeness (QED) is 0.156. The van der Waals surface area contributed by atoms with Crippen molar-refractivity contribution in [3.63, 3.8) is 0 Å². The number of rotatable bonds is 6. The molecule has 0 fully saturated rings. The number of nitrogens with zero attached hydrogens (tertiary/aromatic N) is 2. The molecule has 0 radical (unpaired) electrons. The van der Waals surface area contributed by atoms with Crippen LogP contribution >= 0.6 is 0 Å². The maximum atomic E-state index is 2.41. The lowest BCUT2D eigenvalue weighted by atomic mass is 9.92. The van der Waals surface area contributed by atoms with Crippen molar-refractivity contribution in [2.75, 3.05) is 4.90 Å². The number of fused-ring (bicyclic) bond motifs is 9. The van der Waals surface area contributed by atoms with Gasteiger partial charge in [-0.25, -0.2) is 0 Å². The average molecular weight is 713 g/mol. The van der Waals surface area contributed by atoms with Gasteiger partial charge in [-0.2, -0.15) is 0 Å². The summed E-state index contributed by atoms with van der Waals surface area (Å²) in [5, 5.41) is 10.3. The third kappa shape index (κ3) is 5.19. The first-order valence-corrected chi connectivity index (χ1v) is 19.3. The van der Waals surface area contributed by atoms with Crippen molar-refractivity contribution in [2.45, 2.75) is 0 Å². The zero-order valence-corrected chi connectivity index (χ0v) is 30.7. The number of benzene rings is 10. The van der Waals surface area contributed by atoms with E-state index in [9.17, 15) is 0 Å². The summed E-state index contributed by atoms with van der Waals surface area (Å²) in [5.41, 5.74) is 11.7. The van der Waals surface area contributed by atoms with Gasteiger partial charge in [0.25, 0.3) is 0 Å². The van der Waals surface area contributed by atoms with Crippen molar-refractivity contribution < 1.29 is 0 Å². The van der Waals surface area contributed by atoms with E-state index in [1.54, 1.807) is 0 Å². The van der Waals surface area contributed by atoms with E-state index in [2.05, 4.69) is 228 Å². The molecule has 0 saturated carbocycles. The van der Waals surface area contributed by atoms with Crippen molar-refractivity contribution in [3.05, 3.63) is 218 Å². The minimum atomic E-state index is 1.10. The molecular formula is C54H36N2. The molecule has 56 heavy (non-hydrogen) atoms. The molecule has 1 aromatic heterocycles. The van der Waals surface area contributed by atoms with E-state index < -0.39 is 0 Å². The first kappa shape index (κ1) is 32.0. The van der Waals surface area contributed by atoms with Gasteiger partial charge in [0.15, 0.2) is 0 Å². The fourth-order valence-corrected chi connectivity index (χ4v) is 8.80. The van der Waals surface area contributed by atoms with Gasteiger partial charge in [0.1, 0.15) is 0 Å². The second-order valence-corrected chi connectivity index (χ2v) is 14.5. The Balaban J connectivity index is 0.977. The molecule has 10 aromatic carbocycles. The lowest BCUT2D eigenvalue weighted by Crippen LogP contribution is -2.09. The van der Waals surface area contributed by atoms with Gasteiger partial charge in [0, 0.05) is 33.4 Å². The van der Waals surface area contributed by atoms with Crippen LogP contribution in [0, 0.1) is 0 Å². The summed E-state index contributed by atoms with van der Waals surface area (Å²) in [6, 6.07) is 79.3. The summed E-state index contributed by atoms with van der Waals surface area (Å²) in [6.45, 7) is 0. The Hall–Kier alpha value is -7.42. The van der Waals surface area contributed by atoms with Gasteiger partial charge in [-0.05, 0) is 110 Å². The molecule has 11 aromatic rings. The van der Waals surface area contributed by atoms with Gasteiger partial charge >= 0.3 is 0 Å². The lowest BCUT2D eigenvalue weighted by molar-refractivity contribution is 1.18. The highest BCUT2D eigenvalue weighted by Gasteiger charge is 2.17. The summed E-state index contributed by atoms with van der Waals surface area (Å²) in [6.07, 6.45) is 0. The molecule has 0 amide bonds. The van der Waals surface area contributed by atoms with Crippen LogP contribution in [-0.2, 0) is 0 Å². The normalized spacial score (nSPS) is 11.6. The predicted octanol–water partition coefficient (Wildman–Crippen LogP) is 15.0. The van der Waals surface area contributed by atoms with E-state index in [0.717, 1.165) is 17.1 Å². The Morgan fingerprint density at radius 2 is 0.679 bits per heavy atom. The maximum absolute atomic E-state index is 2.41. The van der Waals surface area contributed by atoms with Gasteiger partial charge in [0.2, 0.25) is 0 Å². The minimum absolute atomic E-state index is 1.10. The van der Waals surface area contributed by atoms with Gasteiger partial charge in [-0.15, -0.1) is 0 Å². The van der Waals surface area contributed by atoms with Crippen molar-refractivity contribution >= 4 is 71.2 Å². The van der Waals surface area contributed by atoms with Crippen LogP contribution in [0.15, 0.2) is 218 Å². The molecule has 0 spiro atoms. The lowest BCUT2D eigenvalue weighted by Gasteiger charge is -2.26. The van der Waals surface area contributed by atoms with E-state index in [0.29, 0.717) is 0 Å². The van der Waals surface area contributed by atoms with Crippen LogP contribution in [-0.4, -0.2) is 4.57 Å². The second-order valence-electron chi connectivity index (χ2n) is 14.5. The molecule has 0 aliphatic carbocycles. The molecular weight excluding hydrogens is 677 g/mol. The zero-order valence-electron chi connectivity index (χ0n) is 30.7. The maximum Gasteiger partial charge on any atom is 0.0541 e.